The number of rotatable bonds is 2. The Morgan fingerprint density at radius 2 is 1.96 bits per heavy atom. The van der Waals surface area contributed by atoms with E-state index in [1.165, 1.54) is 25.4 Å². The van der Waals surface area contributed by atoms with E-state index in [0.717, 1.165) is 12.1 Å². The first-order valence-electron chi connectivity index (χ1n) is 6.30. The Morgan fingerprint density at radius 3 is 2.48 bits per heavy atom. The van der Waals surface area contributed by atoms with Gasteiger partial charge in [0, 0.05) is 13.2 Å². The Hall–Kier alpha value is -3.04. The zero-order valence-corrected chi connectivity index (χ0v) is 11.8. The summed E-state index contributed by atoms with van der Waals surface area (Å²) in [7, 11) is 1.37. The van der Waals surface area contributed by atoms with E-state index in [2.05, 4.69) is 30.8 Å². The van der Waals surface area contributed by atoms with Gasteiger partial charge in [-0.25, -0.2) is 9.79 Å². The number of aromatic amines is 1. The fraction of sp³-hybridized carbons (Fsp3) is 0.154. The van der Waals surface area contributed by atoms with Crippen LogP contribution in [0.15, 0.2) is 41.5 Å². The number of alkyl halides is 3. The number of hydrogen-bond acceptors (Lipinski definition) is 4. The normalized spacial score (nSPS) is 11.9. The topological polar surface area (TPSA) is 91.4 Å². The maximum absolute atomic E-state index is 12.5. The number of hydroxylamine groups is 1. The van der Waals surface area contributed by atoms with Gasteiger partial charge in [-0.05, 0) is 30.3 Å². The van der Waals surface area contributed by atoms with Crippen LogP contribution in [0.5, 0.6) is 0 Å². The molecule has 0 fully saturated rings. The lowest BCUT2D eigenvalue weighted by Crippen LogP contribution is -2.32. The summed E-state index contributed by atoms with van der Waals surface area (Å²) < 4.78 is 37.6. The summed E-state index contributed by atoms with van der Waals surface area (Å²) >= 11 is 0. The molecule has 7 nitrogen and oxygen atoms in total. The van der Waals surface area contributed by atoms with Crippen LogP contribution in [0.25, 0.3) is 0 Å². The standard InChI is InChI=1S/C13H12F3N5O2/c1-17-12(22)23-21-11(10-6-7-18-20-10)19-9-4-2-8(3-5-9)13(14,15)16/h2-7H,1H3,(H,17,22)(H,18,20)(H,19,21). The van der Waals surface area contributed by atoms with Crippen LogP contribution >= 0.6 is 0 Å². The molecule has 2 rings (SSSR count). The smallest absolute Gasteiger partial charge is 0.323 e. The molecule has 0 bridgehead atoms. The molecule has 0 spiro atoms. The van der Waals surface area contributed by atoms with Crippen LogP contribution in [0, 0.1) is 0 Å². The van der Waals surface area contributed by atoms with Gasteiger partial charge < -0.3 is 10.2 Å². The van der Waals surface area contributed by atoms with Crippen molar-refractivity contribution in [1.29, 1.82) is 0 Å². The van der Waals surface area contributed by atoms with Gasteiger partial charge in [0.05, 0.1) is 11.3 Å². The molecule has 0 aliphatic heterocycles. The van der Waals surface area contributed by atoms with E-state index in [0.29, 0.717) is 5.69 Å². The van der Waals surface area contributed by atoms with Crippen molar-refractivity contribution in [3.8, 4) is 0 Å². The number of H-pyrrole nitrogens is 1. The monoisotopic (exact) mass is 327 g/mol. The van der Waals surface area contributed by atoms with Gasteiger partial charge >= 0.3 is 12.3 Å². The van der Waals surface area contributed by atoms with E-state index in [1.807, 2.05) is 0 Å². The second-order valence-corrected chi connectivity index (χ2v) is 4.22. The van der Waals surface area contributed by atoms with Gasteiger partial charge in [0.2, 0.25) is 0 Å². The molecule has 1 aromatic heterocycles. The number of nitrogens with one attached hydrogen (secondary N) is 3. The number of carbonyl (C=O) groups is 1. The molecule has 0 radical (unpaired) electrons. The molecule has 0 saturated carbocycles. The maximum atomic E-state index is 12.5. The Kier molecular flexibility index (Phi) is 4.84. The van der Waals surface area contributed by atoms with Gasteiger partial charge in [-0.15, -0.1) is 0 Å². The second kappa shape index (κ2) is 6.81. The molecule has 1 aromatic carbocycles. The highest BCUT2D eigenvalue weighted by molar-refractivity contribution is 5.98. The van der Waals surface area contributed by atoms with Crippen LogP contribution in [-0.4, -0.2) is 29.2 Å². The lowest BCUT2D eigenvalue weighted by molar-refractivity contribution is -0.137. The number of aliphatic imine (C=N–C) groups is 1. The van der Waals surface area contributed by atoms with Crippen molar-refractivity contribution in [3.05, 3.63) is 47.8 Å². The summed E-state index contributed by atoms with van der Waals surface area (Å²) in [6, 6.07) is 5.75. The minimum Gasteiger partial charge on any atom is -0.323 e. The predicted molar refractivity (Wildman–Crippen MR) is 74.9 cm³/mol. The Labute approximate surface area is 128 Å². The van der Waals surface area contributed by atoms with Gasteiger partial charge in [-0.2, -0.15) is 23.8 Å². The Bertz CT molecular complexity index is 681. The Balaban J connectivity index is 2.24. The molecule has 2 aromatic rings. The lowest BCUT2D eigenvalue weighted by Gasteiger charge is -2.09. The summed E-state index contributed by atoms with van der Waals surface area (Å²) in [4.78, 5) is 19.9. The average Bonchev–Trinajstić information content (AvgIpc) is 3.05. The fourth-order valence-corrected chi connectivity index (χ4v) is 1.53. The number of carbonyl (C=O) groups excluding carboxylic acids is 1. The number of halogens is 3. The zero-order valence-electron chi connectivity index (χ0n) is 11.8. The molecular weight excluding hydrogens is 315 g/mol. The molecule has 0 atom stereocenters. The van der Waals surface area contributed by atoms with E-state index < -0.39 is 17.8 Å². The molecule has 3 N–H and O–H groups in total. The quantitative estimate of drug-likeness (QED) is 0.449. The summed E-state index contributed by atoms with van der Waals surface area (Å²) in [6.45, 7) is 0. The fourth-order valence-electron chi connectivity index (χ4n) is 1.53. The number of aromatic nitrogens is 2. The summed E-state index contributed by atoms with van der Waals surface area (Å²) in [6.07, 6.45) is -3.74. The molecule has 10 heteroatoms. The number of nitrogens with zero attached hydrogens (tertiary/aromatic N) is 2. The second-order valence-electron chi connectivity index (χ2n) is 4.22. The highest BCUT2D eigenvalue weighted by Crippen LogP contribution is 2.30. The summed E-state index contributed by atoms with van der Waals surface area (Å²) in [5, 5.41) is 8.55. The highest BCUT2D eigenvalue weighted by atomic mass is 19.4. The molecule has 0 aliphatic carbocycles. The van der Waals surface area contributed by atoms with Crippen molar-refractivity contribution in [2.45, 2.75) is 6.18 Å². The highest BCUT2D eigenvalue weighted by Gasteiger charge is 2.29. The number of amides is 1. The summed E-state index contributed by atoms with van der Waals surface area (Å²) in [5.41, 5.74) is 2.14. The average molecular weight is 327 g/mol. The van der Waals surface area contributed by atoms with E-state index in [1.54, 1.807) is 6.07 Å². The van der Waals surface area contributed by atoms with Crippen LogP contribution in [0.2, 0.25) is 0 Å². The van der Waals surface area contributed by atoms with Crippen molar-refractivity contribution < 1.29 is 22.8 Å². The number of hydrogen-bond donors (Lipinski definition) is 3. The van der Waals surface area contributed by atoms with Crippen molar-refractivity contribution in [2.24, 2.45) is 4.99 Å². The molecule has 0 aliphatic rings. The molecule has 0 saturated heterocycles. The van der Waals surface area contributed by atoms with Crippen LogP contribution in [0.4, 0.5) is 23.7 Å². The maximum Gasteiger partial charge on any atom is 0.431 e. The molecule has 23 heavy (non-hydrogen) atoms. The number of amidine groups is 1. The van der Waals surface area contributed by atoms with E-state index in [9.17, 15) is 18.0 Å². The third-order valence-electron chi connectivity index (χ3n) is 2.64. The van der Waals surface area contributed by atoms with Crippen LogP contribution < -0.4 is 10.8 Å². The molecule has 122 valence electrons. The minimum absolute atomic E-state index is 0.0749. The minimum atomic E-state index is -4.42. The molecular formula is C13H12F3N5O2. The van der Waals surface area contributed by atoms with Crippen LogP contribution in [0.3, 0.4) is 0 Å². The SMILES string of the molecule is CNC(=O)ONC(=Nc1ccc(C(F)(F)F)cc1)c1ccn[nH]1. The van der Waals surface area contributed by atoms with Crippen LogP contribution in [0.1, 0.15) is 11.3 Å². The van der Waals surface area contributed by atoms with Gasteiger partial charge in [-0.1, -0.05) is 0 Å². The van der Waals surface area contributed by atoms with Crippen LogP contribution in [-0.2, 0) is 11.0 Å². The molecule has 1 amide bonds. The zero-order chi connectivity index (χ0) is 16.9. The van der Waals surface area contributed by atoms with Gasteiger partial charge in [-0.3, -0.25) is 5.10 Å². The Morgan fingerprint density at radius 1 is 1.26 bits per heavy atom. The summed E-state index contributed by atoms with van der Waals surface area (Å²) in [5.74, 6) is 0.0749. The van der Waals surface area contributed by atoms with E-state index in [4.69, 9.17) is 0 Å². The molecule has 1 heterocycles. The van der Waals surface area contributed by atoms with E-state index in [-0.39, 0.29) is 11.5 Å². The largest absolute Gasteiger partial charge is 0.431 e. The van der Waals surface area contributed by atoms with Gasteiger partial charge in [0.1, 0.15) is 5.69 Å². The lowest BCUT2D eigenvalue weighted by atomic mass is 10.2. The molecule has 0 unspecified atom stereocenters. The van der Waals surface area contributed by atoms with Gasteiger partial charge in [0.25, 0.3) is 0 Å². The van der Waals surface area contributed by atoms with Gasteiger partial charge in [0.15, 0.2) is 5.84 Å². The van der Waals surface area contributed by atoms with Crippen molar-refractivity contribution >= 4 is 17.6 Å². The van der Waals surface area contributed by atoms with Crippen molar-refractivity contribution in [1.82, 2.24) is 21.0 Å². The predicted octanol–water partition coefficient (Wildman–Crippen LogP) is 2.37. The first-order chi connectivity index (χ1) is 10.9. The third-order valence-corrected chi connectivity index (χ3v) is 2.64. The third kappa shape index (κ3) is 4.46. The van der Waals surface area contributed by atoms with Crippen molar-refractivity contribution in [3.63, 3.8) is 0 Å². The van der Waals surface area contributed by atoms with E-state index >= 15 is 0 Å². The number of benzene rings is 1. The first kappa shape index (κ1) is 16.3. The first-order valence-corrected chi connectivity index (χ1v) is 6.30. The van der Waals surface area contributed by atoms with Crippen molar-refractivity contribution in [2.75, 3.05) is 7.05 Å².